The number of aromatic nitrogens is 2. The van der Waals surface area contributed by atoms with E-state index in [-0.39, 0.29) is 13.2 Å². The molecule has 6 nitrogen and oxygen atoms in total. The SMILES string of the molecule is CCCCOP(=O)([O-])OCCCC.CCCn1cc[n+](CC)c1. The minimum absolute atomic E-state index is 0.226. The molecule has 0 unspecified atom stereocenters. The van der Waals surface area contributed by atoms with Gasteiger partial charge in [-0.3, -0.25) is 4.57 Å². The van der Waals surface area contributed by atoms with Crippen LogP contribution in [0.2, 0.25) is 0 Å². The predicted molar refractivity (Wildman–Crippen MR) is 89.9 cm³/mol. The third-order valence-electron chi connectivity index (χ3n) is 3.09. The van der Waals surface area contributed by atoms with E-state index in [0.29, 0.717) is 0 Å². The molecule has 23 heavy (non-hydrogen) atoms. The molecule has 0 aromatic carbocycles. The summed E-state index contributed by atoms with van der Waals surface area (Å²) in [5.74, 6) is 0. The summed E-state index contributed by atoms with van der Waals surface area (Å²) in [5.41, 5.74) is 0. The molecule has 0 amide bonds. The third kappa shape index (κ3) is 12.4. The van der Waals surface area contributed by atoms with E-state index in [1.807, 2.05) is 13.8 Å². The fourth-order valence-corrected chi connectivity index (χ4v) is 2.47. The highest BCUT2D eigenvalue weighted by molar-refractivity contribution is 7.45. The standard InChI is InChI=1S/C8H15N2.C8H19O4P/c1-3-5-10-7-6-9(4-2)8-10;1-3-5-7-11-13(9,10)12-8-6-4-2/h6-8H,3-5H2,1-2H3;3-8H2,1-2H3,(H,9,10)/q+1;/p-1. The summed E-state index contributed by atoms with van der Waals surface area (Å²) in [7, 11) is -4.00. The number of hydrogen-bond donors (Lipinski definition) is 0. The van der Waals surface area contributed by atoms with Gasteiger partial charge < -0.3 is 13.9 Å². The van der Waals surface area contributed by atoms with Crippen molar-refractivity contribution in [2.75, 3.05) is 13.2 Å². The maximum atomic E-state index is 11.0. The Morgan fingerprint density at radius 2 is 1.61 bits per heavy atom. The van der Waals surface area contributed by atoms with E-state index in [2.05, 4.69) is 50.8 Å². The van der Waals surface area contributed by atoms with Gasteiger partial charge in [0.05, 0.1) is 26.3 Å². The van der Waals surface area contributed by atoms with Crippen molar-refractivity contribution in [1.82, 2.24) is 4.57 Å². The molecular formula is C16H33N2O4P. The second kappa shape index (κ2) is 13.7. The average molecular weight is 348 g/mol. The molecule has 1 aromatic rings. The number of hydrogen-bond acceptors (Lipinski definition) is 4. The number of imidazole rings is 1. The van der Waals surface area contributed by atoms with Gasteiger partial charge in [-0.1, -0.05) is 33.6 Å². The first kappa shape index (κ1) is 22.3. The van der Waals surface area contributed by atoms with E-state index in [1.54, 1.807) is 0 Å². The van der Waals surface area contributed by atoms with Crippen LogP contribution in [-0.4, -0.2) is 17.8 Å². The smallest absolute Gasteiger partial charge is 0.267 e. The van der Waals surface area contributed by atoms with Crippen molar-refractivity contribution in [1.29, 1.82) is 0 Å². The normalized spacial score (nSPS) is 11.2. The van der Waals surface area contributed by atoms with Crippen molar-refractivity contribution in [2.24, 2.45) is 0 Å². The molecule has 136 valence electrons. The van der Waals surface area contributed by atoms with Gasteiger partial charge in [0, 0.05) is 0 Å². The lowest BCUT2D eigenvalue weighted by Gasteiger charge is -2.22. The Hall–Kier alpha value is -0.680. The van der Waals surface area contributed by atoms with Gasteiger partial charge in [-0.2, -0.15) is 0 Å². The molecule has 0 saturated heterocycles. The maximum Gasteiger partial charge on any atom is 0.267 e. The van der Waals surface area contributed by atoms with Crippen LogP contribution in [-0.2, 0) is 26.7 Å². The largest absolute Gasteiger partial charge is 0.756 e. The average Bonchev–Trinajstić information content (AvgIpc) is 2.96. The molecule has 0 aliphatic heterocycles. The minimum Gasteiger partial charge on any atom is -0.756 e. The number of nitrogens with zero attached hydrogens (tertiary/aromatic N) is 2. The molecule has 0 N–H and O–H groups in total. The summed E-state index contributed by atoms with van der Waals surface area (Å²) in [6.45, 7) is 10.9. The van der Waals surface area contributed by atoms with E-state index in [1.165, 1.54) is 6.42 Å². The Kier molecular flexibility index (Phi) is 13.3. The van der Waals surface area contributed by atoms with E-state index >= 15 is 0 Å². The van der Waals surface area contributed by atoms with Crippen molar-refractivity contribution < 1.29 is 23.1 Å². The van der Waals surface area contributed by atoms with Crippen LogP contribution in [0.3, 0.4) is 0 Å². The van der Waals surface area contributed by atoms with Gasteiger partial charge in [-0.05, 0) is 26.2 Å². The van der Waals surface area contributed by atoms with Crippen LogP contribution in [0.5, 0.6) is 0 Å². The van der Waals surface area contributed by atoms with Crippen molar-refractivity contribution in [3.05, 3.63) is 18.7 Å². The zero-order valence-corrected chi connectivity index (χ0v) is 16.0. The van der Waals surface area contributed by atoms with Crippen LogP contribution in [0.25, 0.3) is 0 Å². The molecule has 0 radical (unpaired) electrons. The molecule has 0 spiro atoms. The first-order valence-corrected chi connectivity index (χ1v) is 10.1. The number of unbranched alkanes of at least 4 members (excludes halogenated alkanes) is 2. The van der Waals surface area contributed by atoms with Crippen LogP contribution in [0.4, 0.5) is 0 Å². The van der Waals surface area contributed by atoms with Gasteiger partial charge in [0.1, 0.15) is 12.4 Å². The van der Waals surface area contributed by atoms with Gasteiger partial charge in [0.25, 0.3) is 7.82 Å². The van der Waals surface area contributed by atoms with E-state index in [9.17, 15) is 9.46 Å². The molecule has 0 aliphatic rings. The lowest BCUT2D eigenvalue weighted by atomic mass is 10.4. The van der Waals surface area contributed by atoms with Crippen molar-refractivity contribution >= 4 is 7.82 Å². The summed E-state index contributed by atoms with van der Waals surface area (Å²) in [4.78, 5) is 11.0. The molecular weight excluding hydrogens is 315 g/mol. The van der Waals surface area contributed by atoms with Crippen molar-refractivity contribution in [2.45, 2.75) is 72.9 Å². The molecule has 1 heterocycles. The number of phosphoric ester groups is 1. The fourth-order valence-electron chi connectivity index (χ4n) is 1.69. The number of phosphoric acid groups is 1. The highest BCUT2D eigenvalue weighted by atomic mass is 31.2. The van der Waals surface area contributed by atoms with Crippen LogP contribution in [0, 0.1) is 0 Å². The van der Waals surface area contributed by atoms with E-state index in [4.69, 9.17) is 0 Å². The molecule has 0 fully saturated rings. The number of aryl methyl sites for hydroxylation is 2. The topological polar surface area (TPSA) is 67.4 Å². The first-order valence-electron chi connectivity index (χ1n) is 8.63. The highest BCUT2D eigenvalue weighted by Gasteiger charge is 2.07. The summed E-state index contributed by atoms with van der Waals surface area (Å²) < 4.78 is 24.5. The zero-order valence-electron chi connectivity index (χ0n) is 15.1. The lowest BCUT2D eigenvalue weighted by Crippen LogP contribution is -2.28. The van der Waals surface area contributed by atoms with Crippen LogP contribution < -0.4 is 9.46 Å². The van der Waals surface area contributed by atoms with E-state index in [0.717, 1.165) is 38.8 Å². The molecule has 7 heteroatoms. The quantitative estimate of drug-likeness (QED) is 0.350. The third-order valence-corrected chi connectivity index (χ3v) is 4.09. The van der Waals surface area contributed by atoms with Gasteiger partial charge in [-0.25, -0.2) is 9.13 Å². The molecule has 0 aliphatic carbocycles. The summed E-state index contributed by atoms with van der Waals surface area (Å²) in [5, 5.41) is 0. The maximum absolute atomic E-state index is 11.0. The Bertz CT molecular complexity index is 423. The van der Waals surface area contributed by atoms with Gasteiger partial charge in [-0.15, -0.1) is 0 Å². The van der Waals surface area contributed by atoms with Crippen LogP contribution in [0.1, 0.15) is 59.8 Å². The minimum atomic E-state index is -4.00. The second-order valence-electron chi connectivity index (χ2n) is 5.30. The Labute approximate surface area is 141 Å². The van der Waals surface area contributed by atoms with Crippen molar-refractivity contribution in [3.63, 3.8) is 0 Å². The first-order chi connectivity index (χ1) is 11.0. The molecule has 0 saturated carbocycles. The van der Waals surface area contributed by atoms with Gasteiger partial charge in [0.2, 0.25) is 6.33 Å². The molecule has 1 aromatic heterocycles. The second-order valence-corrected chi connectivity index (χ2v) is 6.71. The molecule has 0 bridgehead atoms. The van der Waals surface area contributed by atoms with E-state index < -0.39 is 7.82 Å². The molecule has 1 rings (SSSR count). The van der Waals surface area contributed by atoms with Crippen molar-refractivity contribution in [3.8, 4) is 0 Å². The Morgan fingerprint density at radius 3 is 2.00 bits per heavy atom. The zero-order chi connectivity index (χ0) is 17.6. The Balaban J connectivity index is 0.000000433. The lowest BCUT2D eigenvalue weighted by molar-refractivity contribution is -0.693. The monoisotopic (exact) mass is 348 g/mol. The molecule has 0 atom stereocenters. The highest BCUT2D eigenvalue weighted by Crippen LogP contribution is 2.38. The van der Waals surface area contributed by atoms with Gasteiger partial charge >= 0.3 is 0 Å². The Morgan fingerprint density at radius 1 is 1.04 bits per heavy atom. The van der Waals surface area contributed by atoms with Gasteiger partial charge in [0.15, 0.2) is 0 Å². The van der Waals surface area contributed by atoms with Crippen LogP contribution >= 0.6 is 7.82 Å². The fraction of sp³-hybridized carbons (Fsp3) is 0.812. The predicted octanol–water partition coefficient (Wildman–Crippen LogP) is 3.29. The summed E-state index contributed by atoms with van der Waals surface area (Å²) in [6.07, 6.45) is 10.9. The summed E-state index contributed by atoms with van der Waals surface area (Å²) >= 11 is 0. The summed E-state index contributed by atoms with van der Waals surface area (Å²) in [6, 6.07) is 0. The van der Waals surface area contributed by atoms with Crippen LogP contribution in [0.15, 0.2) is 18.7 Å². The number of rotatable bonds is 11.